The van der Waals surface area contributed by atoms with Crippen molar-refractivity contribution in [3.05, 3.63) is 29.7 Å². The summed E-state index contributed by atoms with van der Waals surface area (Å²) in [6.07, 6.45) is 5.14. The van der Waals surface area contributed by atoms with Gasteiger partial charge in [-0.3, -0.25) is 4.79 Å². The maximum atomic E-state index is 10.9. The van der Waals surface area contributed by atoms with E-state index in [-0.39, 0.29) is 5.41 Å². The number of carboxylic acids is 1. The van der Waals surface area contributed by atoms with Gasteiger partial charge in [0.05, 0.1) is 6.26 Å². The summed E-state index contributed by atoms with van der Waals surface area (Å²) in [6, 6.07) is 2.82. The van der Waals surface area contributed by atoms with Gasteiger partial charge in [-0.2, -0.15) is 0 Å². The molecule has 0 spiro atoms. The first kappa shape index (κ1) is 11.0. The quantitative estimate of drug-likeness (QED) is 0.813. The molecule has 0 radical (unpaired) electrons. The Bertz CT molecular complexity index is 415. The summed E-state index contributed by atoms with van der Waals surface area (Å²) in [5, 5.41) is 8.96. The number of hydrogen-bond donors (Lipinski definition) is 2. The lowest BCUT2D eigenvalue weighted by Crippen LogP contribution is -2.40. The van der Waals surface area contributed by atoms with Gasteiger partial charge in [0.1, 0.15) is 11.8 Å². The zero-order valence-electron chi connectivity index (χ0n) is 9.14. The first-order valence-corrected chi connectivity index (χ1v) is 5.27. The van der Waals surface area contributed by atoms with Crippen LogP contribution in [-0.4, -0.2) is 17.1 Å². The number of furan rings is 1. The fourth-order valence-corrected chi connectivity index (χ4v) is 2.05. The van der Waals surface area contributed by atoms with Crippen LogP contribution in [-0.2, 0) is 4.79 Å². The van der Waals surface area contributed by atoms with Gasteiger partial charge in [-0.25, -0.2) is 0 Å². The fraction of sp³-hybridized carbons (Fsp3) is 0.417. The first-order valence-electron chi connectivity index (χ1n) is 5.27. The SMILES string of the molecule is C/C(=C/c1ccco1)C1(C(N)C(=O)O)CC1. The van der Waals surface area contributed by atoms with Crippen molar-refractivity contribution in [3.8, 4) is 0 Å². The number of carbonyl (C=O) groups is 1. The van der Waals surface area contributed by atoms with E-state index >= 15 is 0 Å². The molecule has 1 aromatic heterocycles. The average molecular weight is 221 g/mol. The number of hydrogen-bond acceptors (Lipinski definition) is 3. The van der Waals surface area contributed by atoms with Crippen LogP contribution in [0, 0.1) is 5.41 Å². The molecule has 1 fully saturated rings. The van der Waals surface area contributed by atoms with Crippen LogP contribution < -0.4 is 5.73 Å². The molecule has 1 aromatic rings. The summed E-state index contributed by atoms with van der Waals surface area (Å²) in [5.41, 5.74) is 6.34. The predicted octanol–water partition coefficient (Wildman–Crippen LogP) is 1.88. The molecule has 1 unspecified atom stereocenters. The van der Waals surface area contributed by atoms with Crippen molar-refractivity contribution in [2.24, 2.45) is 11.1 Å². The monoisotopic (exact) mass is 221 g/mol. The number of aliphatic carboxylic acids is 1. The predicted molar refractivity (Wildman–Crippen MR) is 59.6 cm³/mol. The van der Waals surface area contributed by atoms with Gasteiger partial charge in [-0.05, 0) is 38.0 Å². The van der Waals surface area contributed by atoms with Crippen LogP contribution in [0.2, 0.25) is 0 Å². The zero-order chi connectivity index (χ0) is 11.8. The van der Waals surface area contributed by atoms with E-state index < -0.39 is 12.0 Å². The summed E-state index contributed by atoms with van der Waals surface area (Å²) in [6.45, 7) is 1.92. The van der Waals surface area contributed by atoms with Crippen molar-refractivity contribution >= 4 is 12.0 Å². The minimum Gasteiger partial charge on any atom is -0.480 e. The Balaban J connectivity index is 2.22. The molecular weight excluding hydrogens is 206 g/mol. The number of rotatable bonds is 4. The first-order chi connectivity index (χ1) is 7.56. The third kappa shape index (κ3) is 1.76. The van der Waals surface area contributed by atoms with E-state index in [1.54, 1.807) is 12.3 Å². The second kappa shape index (κ2) is 3.79. The van der Waals surface area contributed by atoms with Crippen molar-refractivity contribution < 1.29 is 14.3 Å². The van der Waals surface area contributed by atoms with Gasteiger partial charge in [0.25, 0.3) is 0 Å². The molecular formula is C12H15NO3. The third-order valence-corrected chi connectivity index (χ3v) is 3.34. The molecule has 0 amide bonds. The Morgan fingerprint density at radius 2 is 2.38 bits per heavy atom. The van der Waals surface area contributed by atoms with Crippen LogP contribution in [0.1, 0.15) is 25.5 Å². The van der Waals surface area contributed by atoms with Gasteiger partial charge < -0.3 is 15.3 Å². The van der Waals surface area contributed by atoms with E-state index in [1.165, 1.54) is 0 Å². The Kier molecular flexibility index (Phi) is 2.59. The molecule has 1 saturated carbocycles. The molecule has 2 rings (SSSR count). The van der Waals surface area contributed by atoms with Crippen LogP contribution in [0.5, 0.6) is 0 Å². The summed E-state index contributed by atoms with van der Waals surface area (Å²) < 4.78 is 5.20. The molecule has 86 valence electrons. The molecule has 3 N–H and O–H groups in total. The lowest BCUT2D eigenvalue weighted by Gasteiger charge is -2.20. The molecule has 0 bridgehead atoms. The summed E-state index contributed by atoms with van der Waals surface area (Å²) >= 11 is 0. The molecule has 16 heavy (non-hydrogen) atoms. The molecule has 1 aliphatic rings. The molecule has 1 aliphatic carbocycles. The van der Waals surface area contributed by atoms with Gasteiger partial charge in [-0.15, -0.1) is 0 Å². The maximum absolute atomic E-state index is 10.9. The molecule has 4 nitrogen and oxygen atoms in total. The Hall–Kier alpha value is -1.55. The molecule has 1 heterocycles. The summed E-state index contributed by atoms with van der Waals surface area (Å²) in [5.74, 6) is -0.203. The van der Waals surface area contributed by atoms with E-state index in [1.807, 2.05) is 19.1 Å². The Morgan fingerprint density at radius 1 is 1.69 bits per heavy atom. The standard InChI is InChI=1S/C12H15NO3/c1-8(7-9-3-2-6-16-9)12(4-5-12)10(13)11(14)15/h2-3,6-7,10H,4-5,13H2,1H3,(H,14,15)/b8-7-. The van der Waals surface area contributed by atoms with Gasteiger partial charge in [0.15, 0.2) is 0 Å². The molecule has 0 saturated heterocycles. The van der Waals surface area contributed by atoms with Gasteiger partial charge in [0.2, 0.25) is 0 Å². The van der Waals surface area contributed by atoms with Crippen LogP contribution >= 0.6 is 0 Å². The fourth-order valence-electron chi connectivity index (χ4n) is 2.05. The molecule has 1 atom stereocenters. The van der Waals surface area contributed by atoms with E-state index in [9.17, 15) is 4.79 Å². The van der Waals surface area contributed by atoms with Crippen molar-refractivity contribution in [1.29, 1.82) is 0 Å². The maximum Gasteiger partial charge on any atom is 0.321 e. The van der Waals surface area contributed by atoms with Crippen molar-refractivity contribution in [3.63, 3.8) is 0 Å². The van der Waals surface area contributed by atoms with E-state index in [0.717, 1.165) is 24.2 Å². The third-order valence-electron chi connectivity index (χ3n) is 3.34. The second-order valence-electron chi connectivity index (χ2n) is 4.31. The lowest BCUT2D eigenvalue weighted by molar-refractivity contribution is -0.139. The van der Waals surface area contributed by atoms with Crippen LogP contribution in [0.3, 0.4) is 0 Å². The van der Waals surface area contributed by atoms with Crippen LogP contribution in [0.15, 0.2) is 28.4 Å². The van der Waals surface area contributed by atoms with Gasteiger partial charge in [-0.1, -0.05) is 5.57 Å². The van der Waals surface area contributed by atoms with Crippen LogP contribution in [0.25, 0.3) is 6.08 Å². The highest BCUT2D eigenvalue weighted by Gasteiger charge is 2.52. The highest BCUT2D eigenvalue weighted by atomic mass is 16.4. The second-order valence-corrected chi connectivity index (χ2v) is 4.31. The topological polar surface area (TPSA) is 76.5 Å². The van der Waals surface area contributed by atoms with Crippen molar-refractivity contribution in [2.45, 2.75) is 25.8 Å². The van der Waals surface area contributed by atoms with E-state index in [4.69, 9.17) is 15.3 Å². The number of carboxylic acid groups (broad SMARTS) is 1. The average Bonchev–Trinajstić information content (AvgIpc) is 2.91. The zero-order valence-corrected chi connectivity index (χ0v) is 9.14. The molecule has 0 aliphatic heterocycles. The minimum absolute atomic E-state index is 0.362. The van der Waals surface area contributed by atoms with Crippen molar-refractivity contribution in [1.82, 2.24) is 0 Å². The highest BCUT2D eigenvalue weighted by Crippen LogP contribution is 2.54. The van der Waals surface area contributed by atoms with Crippen molar-refractivity contribution in [2.75, 3.05) is 0 Å². The Labute approximate surface area is 93.7 Å². The van der Waals surface area contributed by atoms with Gasteiger partial charge in [0, 0.05) is 5.41 Å². The molecule has 4 heteroatoms. The van der Waals surface area contributed by atoms with Gasteiger partial charge >= 0.3 is 5.97 Å². The summed E-state index contributed by atoms with van der Waals surface area (Å²) in [7, 11) is 0. The van der Waals surface area contributed by atoms with E-state index in [2.05, 4.69) is 0 Å². The Morgan fingerprint density at radius 3 is 2.81 bits per heavy atom. The molecule has 0 aromatic carbocycles. The minimum atomic E-state index is -0.940. The van der Waals surface area contributed by atoms with E-state index in [0.29, 0.717) is 0 Å². The highest BCUT2D eigenvalue weighted by molar-refractivity contribution is 5.76. The smallest absolute Gasteiger partial charge is 0.321 e. The normalized spacial score (nSPS) is 20.5. The van der Waals surface area contributed by atoms with Crippen LogP contribution in [0.4, 0.5) is 0 Å². The summed E-state index contributed by atoms with van der Waals surface area (Å²) in [4.78, 5) is 10.9. The lowest BCUT2D eigenvalue weighted by atomic mass is 9.88. The largest absolute Gasteiger partial charge is 0.480 e. The number of nitrogens with two attached hydrogens (primary N) is 1.